The van der Waals surface area contributed by atoms with Gasteiger partial charge >= 0.3 is 6.09 Å². The van der Waals surface area contributed by atoms with E-state index >= 15 is 0 Å². The summed E-state index contributed by atoms with van der Waals surface area (Å²) >= 11 is 0. The van der Waals surface area contributed by atoms with Crippen LogP contribution >= 0.6 is 0 Å². The summed E-state index contributed by atoms with van der Waals surface area (Å²) < 4.78 is 5.16. The molecule has 4 N–H and O–H groups in total. The first-order valence-corrected chi connectivity index (χ1v) is 9.63. The number of aryl methyl sites for hydroxylation is 1. The van der Waals surface area contributed by atoms with Gasteiger partial charge in [0.05, 0.1) is 0 Å². The lowest BCUT2D eigenvalue weighted by molar-refractivity contribution is -0.119. The van der Waals surface area contributed by atoms with Crippen LogP contribution in [0, 0.1) is 0 Å². The summed E-state index contributed by atoms with van der Waals surface area (Å²) in [5.41, 5.74) is 7.80. The second-order valence-corrected chi connectivity index (χ2v) is 6.70. The number of hydrogen-bond acceptors (Lipinski definition) is 4. The van der Waals surface area contributed by atoms with E-state index in [4.69, 9.17) is 10.5 Å². The number of carbonyl (C=O) groups excluding carboxylic acids is 3. The van der Waals surface area contributed by atoms with Crippen molar-refractivity contribution < 1.29 is 19.1 Å². The van der Waals surface area contributed by atoms with E-state index in [1.165, 1.54) is 5.56 Å². The number of rotatable bonds is 10. The summed E-state index contributed by atoms with van der Waals surface area (Å²) in [4.78, 5) is 35.9. The molecular formula is C22H27N3O4. The standard InChI is InChI=1S/C22H27N3O4/c1-2-6-16-9-11-18(12-10-16)24-21(27)19(13-14-20(23)26)25-22(28)29-15-17-7-4-3-5-8-17/h3-5,7-12,19H,2,6,13-15H2,1H3,(H2,23,26)(H,24,27)(H,25,28)/t19-/m0/s1. The molecule has 0 bridgehead atoms. The van der Waals surface area contributed by atoms with Crippen molar-refractivity contribution in [2.24, 2.45) is 5.73 Å². The Kier molecular flexibility index (Phi) is 8.69. The van der Waals surface area contributed by atoms with Gasteiger partial charge in [-0.2, -0.15) is 0 Å². The molecule has 0 aliphatic heterocycles. The van der Waals surface area contributed by atoms with Crippen LogP contribution in [-0.4, -0.2) is 23.9 Å². The van der Waals surface area contributed by atoms with Gasteiger partial charge in [0, 0.05) is 12.1 Å². The van der Waals surface area contributed by atoms with Gasteiger partial charge in [-0.05, 0) is 36.1 Å². The Labute approximate surface area is 170 Å². The first-order chi connectivity index (χ1) is 14.0. The Morgan fingerprint density at radius 2 is 1.69 bits per heavy atom. The molecule has 0 aromatic heterocycles. The van der Waals surface area contributed by atoms with E-state index in [1.807, 2.05) is 54.6 Å². The van der Waals surface area contributed by atoms with Gasteiger partial charge in [0.25, 0.3) is 0 Å². The lowest BCUT2D eigenvalue weighted by Gasteiger charge is -2.18. The van der Waals surface area contributed by atoms with Gasteiger partial charge in [0.2, 0.25) is 11.8 Å². The third kappa shape index (κ3) is 8.04. The molecule has 2 aromatic rings. The minimum Gasteiger partial charge on any atom is -0.445 e. The molecule has 0 spiro atoms. The fourth-order valence-electron chi connectivity index (χ4n) is 2.74. The number of carbonyl (C=O) groups is 3. The number of primary amides is 1. The van der Waals surface area contributed by atoms with Crippen molar-refractivity contribution in [2.75, 3.05) is 5.32 Å². The average molecular weight is 397 g/mol. The van der Waals surface area contributed by atoms with E-state index in [2.05, 4.69) is 17.6 Å². The number of nitrogens with one attached hydrogen (secondary N) is 2. The van der Waals surface area contributed by atoms with E-state index in [1.54, 1.807) is 0 Å². The van der Waals surface area contributed by atoms with Crippen LogP contribution in [-0.2, 0) is 27.4 Å². The lowest BCUT2D eigenvalue weighted by Crippen LogP contribution is -2.44. The molecular weight excluding hydrogens is 370 g/mol. The molecule has 0 unspecified atom stereocenters. The molecule has 2 rings (SSSR count). The van der Waals surface area contributed by atoms with Crippen LogP contribution in [0.4, 0.5) is 10.5 Å². The van der Waals surface area contributed by atoms with E-state index in [9.17, 15) is 14.4 Å². The van der Waals surface area contributed by atoms with Crippen molar-refractivity contribution >= 4 is 23.6 Å². The van der Waals surface area contributed by atoms with Crippen LogP contribution in [0.3, 0.4) is 0 Å². The van der Waals surface area contributed by atoms with Crippen molar-refractivity contribution in [1.82, 2.24) is 5.32 Å². The maximum Gasteiger partial charge on any atom is 0.408 e. The van der Waals surface area contributed by atoms with Crippen LogP contribution in [0.1, 0.15) is 37.3 Å². The molecule has 2 aromatic carbocycles. The minimum atomic E-state index is -0.943. The lowest BCUT2D eigenvalue weighted by atomic mass is 10.1. The molecule has 3 amide bonds. The van der Waals surface area contributed by atoms with E-state index < -0.39 is 23.9 Å². The second-order valence-electron chi connectivity index (χ2n) is 6.70. The SMILES string of the molecule is CCCc1ccc(NC(=O)[C@H](CCC(N)=O)NC(=O)OCc2ccccc2)cc1. The summed E-state index contributed by atoms with van der Waals surface area (Å²) in [7, 11) is 0. The highest BCUT2D eigenvalue weighted by Gasteiger charge is 2.22. The molecule has 0 fully saturated rings. The Morgan fingerprint density at radius 3 is 2.31 bits per heavy atom. The van der Waals surface area contributed by atoms with Crippen molar-refractivity contribution in [3.8, 4) is 0 Å². The van der Waals surface area contributed by atoms with Crippen LogP contribution in [0.15, 0.2) is 54.6 Å². The van der Waals surface area contributed by atoms with Crippen molar-refractivity contribution in [3.63, 3.8) is 0 Å². The quantitative estimate of drug-likeness (QED) is 0.572. The zero-order chi connectivity index (χ0) is 21.1. The molecule has 0 aliphatic rings. The normalized spacial score (nSPS) is 11.3. The van der Waals surface area contributed by atoms with Crippen molar-refractivity contribution in [1.29, 1.82) is 0 Å². The Hall–Kier alpha value is -3.35. The van der Waals surface area contributed by atoms with E-state index in [0.717, 1.165) is 18.4 Å². The Morgan fingerprint density at radius 1 is 1.00 bits per heavy atom. The minimum absolute atomic E-state index is 0.0352. The van der Waals surface area contributed by atoms with Gasteiger partial charge in [0.1, 0.15) is 12.6 Å². The van der Waals surface area contributed by atoms with Crippen LogP contribution in [0.5, 0.6) is 0 Å². The fraction of sp³-hybridized carbons (Fsp3) is 0.318. The monoisotopic (exact) mass is 397 g/mol. The number of amides is 3. The smallest absolute Gasteiger partial charge is 0.408 e. The second kappa shape index (κ2) is 11.5. The first-order valence-electron chi connectivity index (χ1n) is 9.63. The summed E-state index contributed by atoms with van der Waals surface area (Å²) in [5.74, 6) is -0.989. The third-order valence-corrected chi connectivity index (χ3v) is 4.26. The zero-order valence-corrected chi connectivity index (χ0v) is 16.5. The number of anilines is 1. The maximum absolute atomic E-state index is 12.6. The number of hydrogen-bond donors (Lipinski definition) is 3. The van der Waals surface area contributed by atoms with Crippen LogP contribution in [0.2, 0.25) is 0 Å². The number of alkyl carbamates (subject to hydrolysis) is 1. The number of nitrogens with two attached hydrogens (primary N) is 1. The summed E-state index contributed by atoms with van der Waals surface area (Å²) in [6.45, 7) is 2.18. The summed E-state index contributed by atoms with van der Waals surface area (Å²) in [6, 6.07) is 15.8. The molecule has 7 nitrogen and oxygen atoms in total. The van der Waals surface area contributed by atoms with Crippen molar-refractivity contribution in [3.05, 3.63) is 65.7 Å². The van der Waals surface area contributed by atoms with Crippen molar-refractivity contribution in [2.45, 2.75) is 45.3 Å². The Balaban J connectivity index is 1.95. The highest BCUT2D eigenvalue weighted by molar-refractivity contribution is 5.96. The van der Waals surface area contributed by atoms with Crippen LogP contribution < -0.4 is 16.4 Å². The molecule has 1 atom stereocenters. The predicted octanol–water partition coefficient (Wildman–Crippen LogP) is 3.14. The molecule has 29 heavy (non-hydrogen) atoms. The number of benzene rings is 2. The summed E-state index contributed by atoms with van der Waals surface area (Å²) in [5, 5.41) is 5.27. The highest BCUT2D eigenvalue weighted by Crippen LogP contribution is 2.12. The molecule has 0 saturated carbocycles. The predicted molar refractivity (Wildman–Crippen MR) is 111 cm³/mol. The molecule has 0 radical (unpaired) electrons. The molecule has 0 aliphatic carbocycles. The fourth-order valence-corrected chi connectivity index (χ4v) is 2.74. The van der Waals surface area contributed by atoms with E-state index in [0.29, 0.717) is 5.69 Å². The summed E-state index contributed by atoms with van der Waals surface area (Å²) in [6.07, 6.45) is 1.30. The highest BCUT2D eigenvalue weighted by atomic mass is 16.5. The van der Waals surface area contributed by atoms with Gasteiger partial charge in [0.15, 0.2) is 0 Å². The van der Waals surface area contributed by atoms with Gasteiger partial charge in [-0.3, -0.25) is 9.59 Å². The van der Waals surface area contributed by atoms with Gasteiger partial charge in [-0.25, -0.2) is 4.79 Å². The molecule has 0 heterocycles. The molecule has 7 heteroatoms. The van der Waals surface area contributed by atoms with E-state index in [-0.39, 0.29) is 19.4 Å². The maximum atomic E-state index is 12.6. The Bertz CT molecular complexity index is 807. The third-order valence-electron chi connectivity index (χ3n) is 4.26. The molecule has 0 saturated heterocycles. The van der Waals surface area contributed by atoms with Gasteiger partial charge in [-0.1, -0.05) is 55.8 Å². The van der Waals surface area contributed by atoms with Gasteiger partial charge in [-0.15, -0.1) is 0 Å². The number of ether oxygens (including phenoxy) is 1. The largest absolute Gasteiger partial charge is 0.445 e. The average Bonchev–Trinajstić information content (AvgIpc) is 2.71. The zero-order valence-electron chi connectivity index (χ0n) is 16.5. The molecule has 154 valence electrons. The topological polar surface area (TPSA) is 111 Å². The first kappa shape index (κ1) is 21.9. The van der Waals surface area contributed by atoms with Crippen LogP contribution in [0.25, 0.3) is 0 Å². The van der Waals surface area contributed by atoms with Gasteiger partial charge < -0.3 is 21.1 Å².